The fourth-order valence-corrected chi connectivity index (χ4v) is 2.79. The number of nitrogens with zero attached hydrogens (tertiary/aromatic N) is 2. The number of rotatable bonds is 4. The van der Waals surface area contributed by atoms with Crippen molar-refractivity contribution in [2.75, 3.05) is 6.54 Å². The highest BCUT2D eigenvalue weighted by Crippen LogP contribution is 2.42. The molecule has 0 radical (unpaired) electrons. The second kappa shape index (κ2) is 5.44. The monoisotopic (exact) mass is 284 g/mol. The van der Waals surface area contributed by atoms with Crippen molar-refractivity contribution in [2.45, 2.75) is 38.3 Å². The van der Waals surface area contributed by atoms with Crippen LogP contribution in [0.15, 0.2) is 24.4 Å². The molecule has 1 fully saturated rings. The Bertz CT molecular complexity index is 479. The van der Waals surface area contributed by atoms with Gasteiger partial charge in [0.05, 0.1) is 18.3 Å². The fraction of sp³-hybridized carbons (Fsp3) is 0.571. The number of aromatic nitrogens is 1. The Labute approximate surface area is 116 Å². The van der Waals surface area contributed by atoms with Crippen LogP contribution in [0.25, 0.3) is 0 Å². The van der Waals surface area contributed by atoms with Gasteiger partial charge in [0, 0.05) is 12.6 Å². The number of hydrogen-bond donors (Lipinski definition) is 1. The second-order valence-electron chi connectivity index (χ2n) is 5.53. The topological polar surface area (TPSA) is 53.4 Å². The lowest BCUT2D eigenvalue weighted by molar-refractivity contribution is -0.146. The molecule has 0 unspecified atom stereocenters. The van der Waals surface area contributed by atoms with Crippen LogP contribution >= 0.6 is 0 Å². The van der Waals surface area contributed by atoms with E-state index in [9.17, 15) is 18.7 Å². The lowest BCUT2D eigenvalue weighted by atomic mass is 10.0. The SMILES string of the molecule is CC(C)[C@@H](C(=O)O)N1CC(F)(F)C[C@H]1c1ccccn1. The maximum Gasteiger partial charge on any atom is 0.321 e. The van der Waals surface area contributed by atoms with Gasteiger partial charge in [-0.1, -0.05) is 19.9 Å². The van der Waals surface area contributed by atoms with Gasteiger partial charge in [0.25, 0.3) is 5.92 Å². The first kappa shape index (κ1) is 14.8. The summed E-state index contributed by atoms with van der Waals surface area (Å²) in [5, 5.41) is 9.33. The van der Waals surface area contributed by atoms with Gasteiger partial charge in [-0.2, -0.15) is 0 Å². The molecule has 1 N–H and O–H groups in total. The van der Waals surface area contributed by atoms with Crippen LogP contribution < -0.4 is 0 Å². The molecule has 1 aliphatic rings. The molecule has 0 aliphatic carbocycles. The molecule has 0 spiro atoms. The maximum absolute atomic E-state index is 13.8. The molecule has 1 aromatic rings. The number of carboxylic acid groups (broad SMARTS) is 1. The van der Waals surface area contributed by atoms with E-state index in [1.165, 1.54) is 11.1 Å². The van der Waals surface area contributed by atoms with Crippen LogP contribution in [-0.2, 0) is 4.79 Å². The first-order valence-corrected chi connectivity index (χ1v) is 6.59. The Morgan fingerprint density at radius 3 is 2.70 bits per heavy atom. The van der Waals surface area contributed by atoms with E-state index in [-0.39, 0.29) is 12.3 Å². The zero-order valence-corrected chi connectivity index (χ0v) is 11.5. The second-order valence-corrected chi connectivity index (χ2v) is 5.53. The minimum atomic E-state index is -2.88. The molecule has 110 valence electrons. The molecule has 2 atom stereocenters. The highest BCUT2D eigenvalue weighted by Gasteiger charge is 2.50. The molecule has 0 saturated carbocycles. The molecule has 1 aliphatic heterocycles. The summed E-state index contributed by atoms with van der Waals surface area (Å²) in [5.41, 5.74) is 0.497. The summed E-state index contributed by atoms with van der Waals surface area (Å²) in [6.07, 6.45) is 1.15. The quantitative estimate of drug-likeness (QED) is 0.923. The number of pyridine rings is 1. The number of hydrogen-bond acceptors (Lipinski definition) is 3. The van der Waals surface area contributed by atoms with Crippen LogP contribution in [-0.4, -0.2) is 39.5 Å². The van der Waals surface area contributed by atoms with Crippen LogP contribution in [0.1, 0.15) is 32.0 Å². The Hall–Kier alpha value is -1.56. The Balaban J connectivity index is 2.35. The van der Waals surface area contributed by atoms with Crippen molar-refractivity contribution in [2.24, 2.45) is 5.92 Å². The van der Waals surface area contributed by atoms with E-state index in [2.05, 4.69) is 4.98 Å². The van der Waals surface area contributed by atoms with Gasteiger partial charge < -0.3 is 5.11 Å². The van der Waals surface area contributed by atoms with Crippen molar-refractivity contribution in [3.05, 3.63) is 30.1 Å². The Morgan fingerprint density at radius 2 is 2.20 bits per heavy atom. The van der Waals surface area contributed by atoms with Crippen molar-refractivity contribution in [1.82, 2.24) is 9.88 Å². The molecule has 20 heavy (non-hydrogen) atoms. The predicted octanol–water partition coefficient (Wildman–Crippen LogP) is 2.57. The number of aliphatic carboxylic acids is 1. The largest absolute Gasteiger partial charge is 0.480 e. The number of likely N-dealkylation sites (tertiary alicyclic amines) is 1. The molecule has 0 bridgehead atoms. The summed E-state index contributed by atoms with van der Waals surface area (Å²) < 4.78 is 27.5. The van der Waals surface area contributed by atoms with Gasteiger partial charge >= 0.3 is 5.97 Å². The summed E-state index contributed by atoms with van der Waals surface area (Å²) in [7, 11) is 0. The van der Waals surface area contributed by atoms with E-state index < -0.39 is 30.5 Å². The zero-order valence-electron chi connectivity index (χ0n) is 11.5. The average molecular weight is 284 g/mol. The summed E-state index contributed by atoms with van der Waals surface area (Å²) in [4.78, 5) is 16.9. The Morgan fingerprint density at radius 1 is 1.50 bits per heavy atom. The van der Waals surface area contributed by atoms with Gasteiger partial charge in [-0.3, -0.25) is 14.7 Å². The van der Waals surface area contributed by atoms with E-state index in [1.807, 2.05) is 0 Å². The molecular formula is C14H18F2N2O2. The van der Waals surface area contributed by atoms with Gasteiger partial charge in [-0.25, -0.2) is 8.78 Å². The third-order valence-corrected chi connectivity index (χ3v) is 3.58. The van der Waals surface area contributed by atoms with Crippen molar-refractivity contribution < 1.29 is 18.7 Å². The van der Waals surface area contributed by atoms with Crippen molar-refractivity contribution in [1.29, 1.82) is 0 Å². The molecule has 1 saturated heterocycles. The summed E-state index contributed by atoms with van der Waals surface area (Å²) in [5.74, 6) is -4.21. The fourth-order valence-electron chi connectivity index (χ4n) is 2.79. The summed E-state index contributed by atoms with van der Waals surface area (Å²) in [6, 6.07) is 3.50. The van der Waals surface area contributed by atoms with Crippen LogP contribution in [0.4, 0.5) is 8.78 Å². The molecule has 1 aromatic heterocycles. The maximum atomic E-state index is 13.8. The lowest BCUT2D eigenvalue weighted by Crippen LogP contribution is -2.45. The van der Waals surface area contributed by atoms with Gasteiger partial charge in [0.15, 0.2) is 0 Å². The highest BCUT2D eigenvalue weighted by atomic mass is 19.3. The molecule has 6 heteroatoms. The van der Waals surface area contributed by atoms with E-state index in [0.29, 0.717) is 5.69 Å². The number of carbonyl (C=O) groups is 1. The van der Waals surface area contributed by atoms with Crippen LogP contribution in [0.2, 0.25) is 0 Å². The minimum absolute atomic E-state index is 0.257. The first-order valence-electron chi connectivity index (χ1n) is 6.59. The van der Waals surface area contributed by atoms with Crippen LogP contribution in [0.3, 0.4) is 0 Å². The van der Waals surface area contributed by atoms with E-state index >= 15 is 0 Å². The lowest BCUT2D eigenvalue weighted by Gasteiger charge is -2.31. The molecule has 2 heterocycles. The van der Waals surface area contributed by atoms with Crippen molar-refractivity contribution in [3.63, 3.8) is 0 Å². The molecular weight excluding hydrogens is 266 g/mol. The van der Waals surface area contributed by atoms with Gasteiger partial charge in [0.1, 0.15) is 6.04 Å². The zero-order chi connectivity index (χ0) is 14.9. The first-order chi connectivity index (χ1) is 9.32. The van der Waals surface area contributed by atoms with Crippen molar-refractivity contribution >= 4 is 5.97 Å². The summed E-state index contributed by atoms with van der Waals surface area (Å²) >= 11 is 0. The molecule has 2 rings (SSSR count). The van der Waals surface area contributed by atoms with Crippen LogP contribution in [0.5, 0.6) is 0 Å². The highest BCUT2D eigenvalue weighted by molar-refractivity contribution is 5.74. The van der Waals surface area contributed by atoms with Crippen molar-refractivity contribution in [3.8, 4) is 0 Å². The third kappa shape index (κ3) is 2.95. The smallest absolute Gasteiger partial charge is 0.321 e. The minimum Gasteiger partial charge on any atom is -0.480 e. The standard InChI is InChI=1S/C14H18F2N2O2/c1-9(2)12(13(19)20)18-8-14(15,16)7-11(18)10-5-3-4-6-17-10/h3-6,9,11-12H,7-8H2,1-2H3,(H,19,20)/t11-,12-/m0/s1. The van der Waals surface area contributed by atoms with E-state index in [1.54, 1.807) is 32.0 Å². The molecule has 0 amide bonds. The third-order valence-electron chi connectivity index (χ3n) is 3.58. The molecule has 4 nitrogen and oxygen atoms in total. The van der Waals surface area contributed by atoms with Gasteiger partial charge in [-0.15, -0.1) is 0 Å². The number of alkyl halides is 2. The number of carboxylic acids is 1. The number of halogens is 2. The average Bonchev–Trinajstić information content (AvgIpc) is 2.65. The van der Waals surface area contributed by atoms with E-state index in [4.69, 9.17) is 0 Å². The summed E-state index contributed by atoms with van der Waals surface area (Å²) in [6.45, 7) is 2.92. The normalized spacial score (nSPS) is 23.9. The van der Waals surface area contributed by atoms with Gasteiger partial charge in [0.2, 0.25) is 0 Å². The predicted molar refractivity (Wildman–Crippen MR) is 69.5 cm³/mol. The van der Waals surface area contributed by atoms with Gasteiger partial charge in [-0.05, 0) is 18.1 Å². The molecule has 0 aromatic carbocycles. The van der Waals surface area contributed by atoms with E-state index in [0.717, 1.165) is 0 Å². The Kier molecular flexibility index (Phi) is 4.04. The van der Waals surface area contributed by atoms with Crippen LogP contribution in [0, 0.1) is 5.92 Å².